The molecule has 106 valence electrons. The maximum absolute atomic E-state index is 12.5. The van der Waals surface area contributed by atoms with Gasteiger partial charge in [-0.3, -0.25) is 0 Å². The van der Waals surface area contributed by atoms with E-state index in [1.165, 1.54) is 0 Å². The van der Waals surface area contributed by atoms with Crippen LogP contribution in [-0.2, 0) is 15.6 Å². The van der Waals surface area contributed by atoms with Crippen LogP contribution in [0.5, 0.6) is 0 Å². The van der Waals surface area contributed by atoms with Crippen LogP contribution >= 0.6 is 11.6 Å². The van der Waals surface area contributed by atoms with Crippen LogP contribution in [0.3, 0.4) is 0 Å². The van der Waals surface area contributed by atoms with Crippen molar-refractivity contribution in [3.05, 3.63) is 34.9 Å². The van der Waals surface area contributed by atoms with Gasteiger partial charge in [0.05, 0.1) is 11.0 Å². The summed E-state index contributed by atoms with van der Waals surface area (Å²) < 4.78 is 25.0. The molecule has 5 heteroatoms. The van der Waals surface area contributed by atoms with Crippen LogP contribution in [0.2, 0.25) is 5.02 Å². The highest BCUT2D eigenvalue weighted by Gasteiger charge is 2.36. The van der Waals surface area contributed by atoms with E-state index in [0.717, 1.165) is 31.4 Å². The minimum absolute atomic E-state index is 0.108. The first-order valence-electron chi connectivity index (χ1n) is 6.72. The number of rotatable bonds is 5. The Morgan fingerprint density at radius 3 is 2.58 bits per heavy atom. The van der Waals surface area contributed by atoms with Gasteiger partial charge >= 0.3 is 0 Å². The number of hydrogen-bond acceptors (Lipinski definition) is 3. The molecule has 0 aromatic heterocycles. The molecule has 1 aromatic carbocycles. The molecule has 1 aliphatic carbocycles. The maximum Gasteiger partial charge on any atom is 0.158 e. The molecule has 0 spiro atoms. The molecule has 0 radical (unpaired) electrons. The zero-order chi connectivity index (χ0) is 13.9. The Morgan fingerprint density at radius 1 is 1.26 bits per heavy atom. The van der Waals surface area contributed by atoms with Gasteiger partial charge in [-0.2, -0.15) is 0 Å². The first kappa shape index (κ1) is 14.8. The van der Waals surface area contributed by atoms with Gasteiger partial charge in [-0.1, -0.05) is 37.1 Å². The number of sulfone groups is 1. The molecule has 1 N–H and O–H groups in total. The average molecular weight is 302 g/mol. The Hall–Kier alpha value is -0.580. The van der Waals surface area contributed by atoms with Crippen LogP contribution in [0, 0.1) is 0 Å². The summed E-state index contributed by atoms with van der Waals surface area (Å²) >= 11 is 5.81. The molecule has 0 bridgehead atoms. The van der Waals surface area contributed by atoms with E-state index < -0.39 is 9.84 Å². The monoisotopic (exact) mass is 301 g/mol. The molecule has 2 rings (SSSR count). The van der Waals surface area contributed by atoms with E-state index in [0.29, 0.717) is 5.02 Å². The Morgan fingerprint density at radius 2 is 1.95 bits per heavy atom. The average Bonchev–Trinajstić information content (AvgIpc) is 2.81. The molecule has 2 atom stereocenters. The summed E-state index contributed by atoms with van der Waals surface area (Å²) in [7, 11) is -3.10. The summed E-state index contributed by atoms with van der Waals surface area (Å²) in [6.45, 7) is 2.83. The lowest BCUT2D eigenvalue weighted by molar-refractivity contribution is 0.517. The van der Waals surface area contributed by atoms with Crippen LogP contribution in [0.25, 0.3) is 0 Å². The molecular weight excluding hydrogens is 282 g/mol. The van der Waals surface area contributed by atoms with Gasteiger partial charge in [0, 0.05) is 11.1 Å². The number of nitrogens with one attached hydrogen (secondary N) is 1. The maximum atomic E-state index is 12.5. The quantitative estimate of drug-likeness (QED) is 0.909. The highest BCUT2D eigenvalue weighted by molar-refractivity contribution is 7.91. The third-order valence-electron chi connectivity index (χ3n) is 3.66. The van der Waals surface area contributed by atoms with E-state index >= 15 is 0 Å². The van der Waals surface area contributed by atoms with Crippen molar-refractivity contribution in [2.24, 2.45) is 0 Å². The van der Waals surface area contributed by atoms with E-state index in [-0.39, 0.29) is 17.0 Å². The van der Waals surface area contributed by atoms with Gasteiger partial charge in [0.15, 0.2) is 9.84 Å². The standard InChI is InChI=1S/C14H20ClNO2S/c1-2-16-13-4-3-5-14(13)19(17,18)10-11-6-8-12(15)9-7-11/h6-9,13-14,16H,2-5,10H2,1H3. The molecular formula is C14H20ClNO2S. The molecule has 1 aliphatic rings. The lowest BCUT2D eigenvalue weighted by Crippen LogP contribution is -2.40. The molecule has 1 aromatic rings. The van der Waals surface area contributed by atoms with E-state index in [1.807, 2.05) is 6.92 Å². The zero-order valence-corrected chi connectivity index (χ0v) is 12.7. The molecule has 0 heterocycles. The minimum atomic E-state index is -3.10. The van der Waals surface area contributed by atoms with Gasteiger partial charge < -0.3 is 5.32 Å². The second kappa shape index (κ2) is 6.25. The topological polar surface area (TPSA) is 46.2 Å². The van der Waals surface area contributed by atoms with Crippen LogP contribution in [-0.4, -0.2) is 26.3 Å². The lowest BCUT2D eigenvalue weighted by atomic mass is 10.2. The Bertz CT molecular complexity index is 513. The summed E-state index contributed by atoms with van der Waals surface area (Å²) in [6.07, 6.45) is 2.72. The number of hydrogen-bond donors (Lipinski definition) is 1. The predicted octanol–water partition coefficient (Wildman–Crippen LogP) is 2.79. The van der Waals surface area contributed by atoms with Gasteiger partial charge in [-0.25, -0.2) is 8.42 Å². The van der Waals surface area contributed by atoms with Crippen molar-refractivity contribution in [2.75, 3.05) is 6.54 Å². The summed E-state index contributed by atoms with van der Waals surface area (Å²) in [5, 5.41) is 3.68. The Balaban J connectivity index is 2.11. The summed E-state index contributed by atoms with van der Waals surface area (Å²) in [5.41, 5.74) is 0.812. The molecule has 1 saturated carbocycles. The van der Waals surface area contributed by atoms with E-state index in [9.17, 15) is 8.42 Å². The fraction of sp³-hybridized carbons (Fsp3) is 0.571. The smallest absolute Gasteiger partial charge is 0.158 e. The first-order valence-corrected chi connectivity index (χ1v) is 8.81. The first-order chi connectivity index (χ1) is 9.03. The van der Waals surface area contributed by atoms with Crippen molar-refractivity contribution in [3.63, 3.8) is 0 Å². The minimum Gasteiger partial charge on any atom is -0.313 e. The molecule has 0 aliphatic heterocycles. The molecule has 3 nitrogen and oxygen atoms in total. The molecule has 1 fully saturated rings. The van der Waals surface area contributed by atoms with Crippen molar-refractivity contribution in [3.8, 4) is 0 Å². The van der Waals surface area contributed by atoms with E-state index in [4.69, 9.17) is 11.6 Å². The predicted molar refractivity (Wildman–Crippen MR) is 79.2 cm³/mol. The molecule has 0 saturated heterocycles. The highest BCUT2D eigenvalue weighted by atomic mass is 35.5. The van der Waals surface area contributed by atoms with Gasteiger partial charge in [0.25, 0.3) is 0 Å². The van der Waals surface area contributed by atoms with Crippen molar-refractivity contribution in [2.45, 2.75) is 43.2 Å². The molecule has 0 amide bonds. The van der Waals surface area contributed by atoms with Crippen molar-refractivity contribution in [1.82, 2.24) is 5.32 Å². The van der Waals surface area contributed by atoms with Crippen molar-refractivity contribution < 1.29 is 8.42 Å². The van der Waals surface area contributed by atoms with Crippen LogP contribution in [0.15, 0.2) is 24.3 Å². The van der Waals surface area contributed by atoms with Gasteiger partial charge in [0.1, 0.15) is 0 Å². The summed E-state index contributed by atoms with van der Waals surface area (Å²) in [6, 6.07) is 7.17. The van der Waals surface area contributed by atoms with Gasteiger partial charge in [-0.05, 0) is 37.1 Å². The summed E-state index contributed by atoms with van der Waals surface area (Å²) in [4.78, 5) is 0. The third kappa shape index (κ3) is 3.71. The normalized spacial score (nSPS) is 23.7. The highest BCUT2D eigenvalue weighted by Crippen LogP contribution is 2.28. The molecule has 19 heavy (non-hydrogen) atoms. The van der Waals surface area contributed by atoms with E-state index in [2.05, 4.69) is 5.32 Å². The fourth-order valence-electron chi connectivity index (χ4n) is 2.77. The summed E-state index contributed by atoms with van der Waals surface area (Å²) in [5.74, 6) is 0.108. The Labute approximate surface area is 120 Å². The molecule has 2 unspecified atom stereocenters. The number of halogens is 1. The van der Waals surface area contributed by atoms with Gasteiger partial charge in [0.2, 0.25) is 0 Å². The SMILES string of the molecule is CCNC1CCCC1S(=O)(=O)Cc1ccc(Cl)cc1. The largest absolute Gasteiger partial charge is 0.313 e. The fourth-order valence-corrected chi connectivity index (χ4v) is 5.03. The Kier molecular flexibility index (Phi) is 4.87. The lowest BCUT2D eigenvalue weighted by Gasteiger charge is -2.20. The number of benzene rings is 1. The second-order valence-electron chi connectivity index (χ2n) is 5.07. The van der Waals surface area contributed by atoms with Crippen LogP contribution in [0.4, 0.5) is 0 Å². The zero-order valence-electron chi connectivity index (χ0n) is 11.1. The van der Waals surface area contributed by atoms with Crippen LogP contribution in [0.1, 0.15) is 31.7 Å². The van der Waals surface area contributed by atoms with Crippen molar-refractivity contribution >= 4 is 21.4 Å². The third-order valence-corrected chi connectivity index (χ3v) is 6.14. The van der Waals surface area contributed by atoms with Gasteiger partial charge in [-0.15, -0.1) is 0 Å². The van der Waals surface area contributed by atoms with Crippen LogP contribution < -0.4 is 5.32 Å². The second-order valence-corrected chi connectivity index (χ2v) is 7.72. The van der Waals surface area contributed by atoms with E-state index in [1.54, 1.807) is 24.3 Å². The van der Waals surface area contributed by atoms with Crippen molar-refractivity contribution in [1.29, 1.82) is 0 Å².